The van der Waals surface area contributed by atoms with Crippen LogP contribution in [0, 0.1) is 0 Å². The summed E-state index contributed by atoms with van der Waals surface area (Å²) in [5.41, 5.74) is 5.24. The molecule has 1 amide bonds. The molecule has 2 rings (SSSR count). The van der Waals surface area contributed by atoms with Gasteiger partial charge in [-0.05, 0) is 12.8 Å². The summed E-state index contributed by atoms with van der Waals surface area (Å²) in [7, 11) is 0. The maximum Gasteiger partial charge on any atom is 0.410 e. The zero-order valence-electron chi connectivity index (χ0n) is 6.38. The minimum Gasteiger partial charge on any atom is -0.441 e. The smallest absolute Gasteiger partial charge is 0.410 e. The second-order valence-corrected chi connectivity index (χ2v) is 3.26. The molecule has 62 valence electrons. The Bertz CT molecular complexity index is 189. The van der Waals surface area contributed by atoms with Crippen LogP contribution in [0.3, 0.4) is 0 Å². The second-order valence-electron chi connectivity index (χ2n) is 3.26. The summed E-state index contributed by atoms with van der Waals surface area (Å²) in [6.07, 6.45) is 1.87. The highest BCUT2D eigenvalue weighted by Gasteiger charge is 2.54. The fraction of sp³-hybridized carbons (Fsp3) is 0.857. The lowest BCUT2D eigenvalue weighted by Crippen LogP contribution is -2.30. The molecule has 0 unspecified atom stereocenters. The van der Waals surface area contributed by atoms with Crippen LogP contribution in [0.4, 0.5) is 4.79 Å². The Morgan fingerprint density at radius 1 is 1.64 bits per heavy atom. The summed E-state index contributed by atoms with van der Waals surface area (Å²) < 4.78 is 5.16. The van der Waals surface area contributed by atoms with E-state index in [0.29, 0.717) is 13.1 Å². The van der Waals surface area contributed by atoms with Crippen molar-refractivity contribution >= 4 is 6.09 Å². The molecule has 1 aliphatic heterocycles. The maximum atomic E-state index is 11.1. The Labute approximate surface area is 65.3 Å². The highest BCUT2D eigenvalue weighted by molar-refractivity contribution is 5.71. The molecule has 1 spiro atoms. The minimum atomic E-state index is -0.187. The monoisotopic (exact) mass is 156 g/mol. The van der Waals surface area contributed by atoms with Crippen molar-refractivity contribution in [3.63, 3.8) is 0 Å². The van der Waals surface area contributed by atoms with Crippen molar-refractivity contribution in [1.82, 2.24) is 4.90 Å². The van der Waals surface area contributed by atoms with Crippen LogP contribution >= 0.6 is 0 Å². The molecule has 0 aromatic carbocycles. The predicted molar refractivity (Wildman–Crippen MR) is 39.1 cm³/mol. The van der Waals surface area contributed by atoms with Crippen molar-refractivity contribution in [1.29, 1.82) is 0 Å². The van der Waals surface area contributed by atoms with Crippen LogP contribution in [0.5, 0.6) is 0 Å². The first-order chi connectivity index (χ1) is 5.26. The fourth-order valence-corrected chi connectivity index (χ4v) is 1.42. The fourth-order valence-electron chi connectivity index (χ4n) is 1.42. The van der Waals surface area contributed by atoms with E-state index < -0.39 is 0 Å². The van der Waals surface area contributed by atoms with Crippen molar-refractivity contribution in [2.75, 3.05) is 19.6 Å². The van der Waals surface area contributed by atoms with E-state index in [1.54, 1.807) is 4.90 Å². The number of hydrogen-bond acceptors (Lipinski definition) is 3. The molecule has 0 atom stereocenters. The van der Waals surface area contributed by atoms with Gasteiger partial charge in [-0.1, -0.05) is 0 Å². The molecule has 4 heteroatoms. The zero-order valence-corrected chi connectivity index (χ0v) is 6.38. The summed E-state index contributed by atoms with van der Waals surface area (Å²) in [6.45, 7) is 1.90. The van der Waals surface area contributed by atoms with Crippen molar-refractivity contribution in [3.05, 3.63) is 0 Å². The van der Waals surface area contributed by atoms with Crippen LogP contribution in [-0.2, 0) is 4.74 Å². The molecule has 11 heavy (non-hydrogen) atoms. The van der Waals surface area contributed by atoms with Crippen LogP contribution in [0.15, 0.2) is 0 Å². The largest absolute Gasteiger partial charge is 0.441 e. The summed E-state index contributed by atoms with van der Waals surface area (Å²) >= 11 is 0. The first kappa shape index (κ1) is 6.91. The number of rotatable bonds is 2. The summed E-state index contributed by atoms with van der Waals surface area (Å²) in [4.78, 5) is 12.8. The quantitative estimate of drug-likeness (QED) is 0.609. The van der Waals surface area contributed by atoms with E-state index in [0.717, 1.165) is 19.4 Å². The van der Waals surface area contributed by atoms with Gasteiger partial charge in [0.15, 0.2) is 0 Å². The van der Waals surface area contributed by atoms with E-state index in [2.05, 4.69) is 0 Å². The zero-order chi connectivity index (χ0) is 7.90. The van der Waals surface area contributed by atoms with Gasteiger partial charge in [-0.2, -0.15) is 0 Å². The van der Waals surface area contributed by atoms with Gasteiger partial charge in [0.25, 0.3) is 0 Å². The number of nitrogens with two attached hydrogens (primary N) is 1. The van der Waals surface area contributed by atoms with Gasteiger partial charge in [0, 0.05) is 13.1 Å². The van der Waals surface area contributed by atoms with Crippen molar-refractivity contribution < 1.29 is 9.53 Å². The van der Waals surface area contributed by atoms with E-state index in [-0.39, 0.29) is 11.7 Å². The number of carbonyl (C=O) groups excluding carboxylic acids is 1. The average molecular weight is 156 g/mol. The van der Waals surface area contributed by atoms with Gasteiger partial charge in [0.2, 0.25) is 0 Å². The normalized spacial score (nSPS) is 25.9. The first-order valence-electron chi connectivity index (χ1n) is 3.94. The lowest BCUT2D eigenvalue weighted by molar-refractivity contribution is 0.123. The Balaban J connectivity index is 1.97. The van der Waals surface area contributed by atoms with Gasteiger partial charge in [0.05, 0.1) is 6.54 Å². The van der Waals surface area contributed by atoms with Crippen molar-refractivity contribution in [2.45, 2.75) is 18.4 Å². The minimum absolute atomic E-state index is 0.0910. The lowest BCUT2D eigenvalue weighted by atomic mass is 10.3. The maximum absolute atomic E-state index is 11.1. The van der Waals surface area contributed by atoms with Gasteiger partial charge >= 0.3 is 6.09 Å². The van der Waals surface area contributed by atoms with Crippen LogP contribution in [0.1, 0.15) is 12.8 Å². The van der Waals surface area contributed by atoms with Gasteiger partial charge in [0.1, 0.15) is 5.60 Å². The third-order valence-corrected chi connectivity index (χ3v) is 2.25. The van der Waals surface area contributed by atoms with E-state index in [9.17, 15) is 4.79 Å². The van der Waals surface area contributed by atoms with Gasteiger partial charge in [-0.25, -0.2) is 4.79 Å². The summed E-state index contributed by atoms with van der Waals surface area (Å²) in [5.74, 6) is 0. The third kappa shape index (κ3) is 1.07. The molecule has 2 fully saturated rings. The van der Waals surface area contributed by atoms with Gasteiger partial charge < -0.3 is 15.4 Å². The number of ether oxygens (including phenoxy) is 1. The molecule has 1 saturated heterocycles. The number of hydrogen-bond donors (Lipinski definition) is 1. The molecular formula is C7H12N2O2. The van der Waals surface area contributed by atoms with E-state index in [1.165, 1.54) is 0 Å². The molecule has 1 saturated carbocycles. The molecule has 0 bridgehead atoms. The highest BCUT2D eigenvalue weighted by atomic mass is 16.6. The molecule has 2 aliphatic rings. The third-order valence-electron chi connectivity index (χ3n) is 2.25. The van der Waals surface area contributed by atoms with Crippen LogP contribution in [0.2, 0.25) is 0 Å². The van der Waals surface area contributed by atoms with Gasteiger partial charge in [-0.15, -0.1) is 0 Å². The van der Waals surface area contributed by atoms with E-state index >= 15 is 0 Å². The Morgan fingerprint density at radius 3 is 2.82 bits per heavy atom. The summed E-state index contributed by atoms with van der Waals surface area (Å²) in [6, 6.07) is 0. The first-order valence-corrected chi connectivity index (χ1v) is 3.94. The average Bonchev–Trinajstić information content (AvgIpc) is 2.61. The predicted octanol–water partition coefficient (Wildman–Crippen LogP) is -0.0701. The SMILES string of the molecule is NCCN1CC2(CC2)OC1=O. The number of carbonyl (C=O) groups is 1. The molecule has 4 nitrogen and oxygen atoms in total. The molecule has 1 aliphatic carbocycles. The van der Waals surface area contributed by atoms with Crippen molar-refractivity contribution in [2.24, 2.45) is 5.73 Å². The van der Waals surface area contributed by atoms with Crippen LogP contribution < -0.4 is 5.73 Å². The standard InChI is InChI=1S/C7H12N2O2/c8-3-4-9-5-7(1-2-7)11-6(9)10/h1-5,8H2. The summed E-state index contributed by atoms with van der Waals surface area (Å²) in [5, 5.41) is 0. The number of nitrogens with zero attached hydrogens (tertiary/aromatic N) is 1. The Morgan fingerprint density at radius 2 is 2.36 bits per heavy atom. The number of amides is 1. The Hall–Kier alpha value is -0.770. The van der Waals surface area contributed by atoms with Gasteiger partial charge in [-0.3, -0.25) is 0 Å². The molecule has 0 aromatic heterocycles. The highest BCUT2D eigenvalue weighted by Crippen LogP contribution is 2.44. The lowest BCUT2D eigenvalue weighted by Gasteiger charge is -2.09. The molecular weight excluding hydrogens is 144 g/mol. The topological polar surface area (TPSA) is 55.6 Å². The molecule has 0 aromatic rings. The second kappa shape index (κ2) is 2.11. The Kier molecular flexibility index (Phi) is 1.32. The van der Waals surface area contributed by atoms with Crippen LogP contribution in [0.25, 0.3) is 0 Å². The molecule has 1 heterocycles. The van der Waals surface area contributed by atoms with Crippen LogP contribution in [-0.4, -0.2) is 36.2 Å². The van der Waals surface area contributed by atoms with Crippen molar-refractivity contribution in [3.8, 4) is 0 Å². The van der Waals surface area contributed by atoms with E-state index in [1.807, 2.05) is 0 Å². The molecule has 2 N–H and O–H groups in total. The van der Waals surface area contributed by atoms with E-state index in [4.69, 9.17) is 10.5 Å². The molecule has 0 radical (unpaired) electrons.